The second-order valence-electron chi connectivity index (χ2n) is 5.37. The molecule has 0 unspecified atom stereocenters. The predicted octanol–water partition coefficient (Wildman–Crippen LogP) is 2.47. The van der Waals surface area contributed by atoms with Gasteiger partial charge in [-0.2, -0.15) is 4.98 Å². The van der Waals surface area contributed by atoms with Gasteiger partial charge in [-0.05, 0) is 24.3 Å². The predicted molar refractivity (Wildman–Crippen MR) is 91.8 cm³/mol. The number of carbonyl (C=O) groups is 1. The summed E-state index contributed by atoms with van der Waals surface area (Å²) in [5.41, 5.74) is 0. The molecule has 0 aliphatic heterocycles. The van der Waals surface area contributed by atoms with Crippen molar-refractivity contribution >= 4 is 5.91 Å². The molecule has 0 atom stereocenters. The van der Waals surface area contributed by atoms with Gasteiger partial charge in [0, 0.05) is 18.9 Å². The number of ether oxygens (including phenoxy) is 2. The molecule has 0 aliphatic rings. The highest BCUT2D eigenvalue weighted by atomic mass is 16.5. The third-order valence-electron chi connectivity index (χ3n) is 3.51. The van der Waals surface area contributed by atoms with Gasteiger partial charge in [-0.15, -0.1) is 0 Å². The standard InChI is InChI=1S/C18H19N3O5/c1-23-13-4-2-5-14(12-13)24-11-9-19-16(22)7-8-17-20-18(21-26-17)15-6-3-10-25-15/h2-6,10,12H,7-9,11H2,1H3,(H,19,22). The molecule has 0 saturated heterocycles. The Hall–Kier alpha value is -3.29. The summed E-state index contributed by atoms with van der Waals surface area (Å²) in [5, 5.41) is 6.60. The van der Waals surface area contributed by atoms with Gasteiger partial charge in [0.1, 0.15) is 18.1 Å². The Balaban J connectivity index is 1.35. The number of furan rings is 1. The topological polar surface area (TPSA) is 99.6 Å². The number of rotatable bonds is 9. The normalized spacial score (nSPS) is 10.5. The zero-order chi connectivity index (χ0) is 18.2. The van der Waals surface area contributed by atoms with E-state index in [0.717, 1.165) is 5.75 Å². The van der Waals surface area contributed by atoms with E-state index in [2.05, 4.69) is 15.5 Å². The lowest BCUT2D eigenvalue weighted by Gasteiger charge is -2.08. The molecular weight excluding hydrogens is 338 g/mol. The molecule has 8 nitrogen and oxygen atoms in total. The molecule has 8 heteroatoms. The van der Waals surface area contributed by atoms with E-state index >= 15 is 0 Å². The van der Waals surface area contributed by atoms with Crippen LogP contribution in [0, 0.1) is 0 Å². The first kappa shape index (κ1) is 17.5. The Labute approximate surface area is 150 Å². The van der Waals surface area contributed by atoms with E-state index in [9.17, 15) is 4.79 Å². The Morgan fingerprint density at radius 2 is 2.12 bits per heavy atom. The van der Waals surface area contributed by atoms with Crippen LogP contribution in [0.1, 0.15) is 12.3 Å². The maximum Gasteiger partial charge on any atom is 0.238 e. The van der Waals surface area contributed by atoms with E-state index in [1.807, 2.05) is 18.2 Å². The van der Waals surface area contributed by atoms with Gasteiger partial charge in [-0.3, -0.25) is 4.79 Å². The quantitative estimate of drug-likeness (QED) is 0.587. The van der Waals surface area contributed by atoms with Crippen LogP contribution in [0.3, 0.4) is 0 Å². The van der Waals surface area contributed by atoms with E-state index in [4.69, 9.17) is 18.4 Å². The number of carbonyl (C=O) groups excluding carboxylic acids is 1. The number of methoxy groups -OCH3 is 1. The molecule has 0 saturated carbocycles. The van der Waals surface area contributed by atoms with E-state index in [-0.39, 0.29) is 12.3 Å². The third-order valence-corrected chi connectivity index (χ3v) is 3.51. The van der Waals surface area contributed by atoms with Gasteiger partial charge in [0.15, 0.2) is 5.76 Å². The molecule has 2 aromatic heterocycles. The molecule has 26 heavy (non-hydrogen) atoms. The van der Waals surface area contributed by atoms with Crippen LogP contribution in [0.4, 0.5) is 0 Å². The molecule has 136 valence electrons. The van der Waals surface area contributed by atoms with Gasteiger partial charge < -0.3 is 23.7 Å². The van der Waals surface area contributed by atoms with Crippen molar-refractivity contribution in [2.75, 3.05) is 20.3 Å². The zero-order valence-corrected chi connectivity index (χ0v) is 14.3. The molecular formula is C18H19N3O5. The monoisotopic (exact) mass is 357 g/mol. The van der Waals surface area contributed by atoms with Crippen LogP contribution in [0.2, 0.25) is 0 Å². The Kier molecular flexibility index (Phi) is 5.87. The fourth-order valence-corrected chi connectivity index (χ4v) is 2.22. The van der Waals surface area contributed by atoms with Crippen molar-refractivity contribution in [2.45, 2.75) is 12.8 Å². The molecule has 3 aromatic rings. The largest absolute Gasteiger partial charge is 0.497 e. The third kappa shape index (κ3) is 4.85. The fraction of sp³-hybridized carbons (Fsp3) is 0.278. The first-order valence-electron chi connectivity index (χ1n) is 8.14. The number of aryl methyl sites for hydroxylation is 1. The summed E-state index contributed by atoms with van der Waals surface area (Å²) in [6, 6.07) is 10.8. The van der Waals surface area contributed by atoms with Gasteiger partial charge in [-0.1, -0.05) is 11.2 Å². The summed E-state index contributed by atoms with van der Waals surface area (Å²) in [7, 11) is 1.60. The van der Waals surface area contributed by atoms with Crippen molar-refractivity contribution < 1.29 is 23.2 Å². The summed E-state index contributed by atoms with van der Waals surface area (Å²) in [4.78, 5) is 16.1. The Morgan fingerprint density at radius 1 is 1.23 bits per heavy atom. The molecule has 0 bridgehead atoms. The lowest BCUT2D eigenvalue weighted by Crippen LogP contribution is -2.28. The van der Waals surface area contributed by atoms with E-state index in [0.29, 0.717) is 42.8 Å². The van der Waals surface area contributed by atoms with Gasteiger partial charge in [0.25, 0.3) is 0 Å². The van der Waals surface area contributed by atoms with E-state index in [1.54, 1.807) is 25.3 Å². The highest BCUT2D eigenvalue weighted by Gasteiger charge is 2.12. The van der Waals surface area contributed by atoms with Crippen molar-refractivity contribution in [1.82, 2.24) is 15.5 Å². The summed E-state index contributed by atoms with van der Waals surface area (Å²) < 4.78 is 21.0. The van der Waals surface area contributed by atoms with Crippen molar-refractivity contribution in [1.29, 1.82) is 0 Å². The first-order chi connectivity index (χ1) is 12.7. The van der Waals surface area contributed by atoms with Gasteiger partial charge >= 0.3 is 0 Å². The molecule has 0 fully saturated rings. The van der Waals surface area contributed by atoms with Crippen LogP contribution in [-0.2, 0) is 11.2 Å². The lowest BCUT2D eigenvalue weighted by molar-refractivity contribution is -0.121. The fourth-order valence-electron chi connectivity index (χ4n) is 2.22. The second-order valence-corrected chi connectivity index (χ2v) is 5.37. The summed E-state index contributed by atoms with van der Waals surface area (Å²) in [5.74, 6) is 2.59. The number of aromatic nitrogens is 2. The number of nitrogens with one attached hydrogen (secondary N) is 1. The molecule has 1 aromatic carbocycles. The van der Waals surface area contributed by atoms with Gasteiger partial charge in [-0.25, -0.2) is 0 Å². The minimum absolute atomic E-state index is 0.114. The van der Waals surface area contributed by atoms with E-state index < -0.39 is 0 Å². The maximum atomic E-state index is 11.9. The molecule has 0 spiro atoms. The van der Waals surface area contributed by atoms with Crippen LogP contribution >= 0.6 is 0 Å². The molecule has 2 heterocycles. The molecule has 1 N–H and O–H groups in total. The van der Waals surface area contributed by atoms with Gasteiger partial charge in [0.05, 0.1) is 19.9 Å². The van der Waals surface area contributed by atoms with Crippen molar-refractivity contribution in [3.63, 3.8) is 0 Å². The van der Waals surface area contributed by atoms with Crippen LogP contribution in [0.5, 0.6) is 11.5 Å². The molecule has 1 amide bonds. The minimum atomic E-state index is -0.114. The molecule has 3 rings (SSSR count). The number of benzene rings is 1. The second kappa shape index (κ2) is 8.70. The van der Waals surface area contributed by atoms with Crippen LogP contribution in [-0.4, -0.2) is 36.3 Å². The van der Waals surface area contributed by atoms with Crippen LogP contribution in [0.25, 0.3) is 11.6 Å². The number of nitrogens with zero attached hydrogens (tertiary/aromatic N) is 2. The summed E-state index contributed by atoms with van der Waals surface area (Å²) in [6.07, 6.45) is 2.14. The summed E-state index contributed by atoms with van der Waals surface area (Å²) >= 11 is 0. The highest BCUT2D eigenvalue weighted by molar-refractivity contribution is 5.76. The van der Waals surface area contributed by atoms with E-state index in [1.165, 1.54) is 6.26 Å². The average Bonchev–Trinajstić information content (AvgIpc) is 3.35. The minimum Gasteiger partial charge on any atom is -0.497 e. The van der Waals surface area contributed by atoms with Gasteiger partial charge in [0.2, 0.25) is 17.6 Å². The smallest absolute Gasteiger partial charge is 0.238 e. The molecule has 0 aliphatic carbocycles. The Bertz CT molecular complexity index is 829. The SMILES string of the molecule is COc1cccc(OCCNC(=O)CCc2nc(-c3ccco3)no2)c1. The zero-order valence-electron chi connectivity index (χ0n) is 14.3. The Morgan fingerprint density at radius 3 is 2.92 bits per heavy atom. The number of hydrogen-bond acceptors (Lipinski definition) is 7. The number of amides is 1. The lowest BCUT2D eigenvalue weighted by atomic mass is 10.3. The summed E-state index contributed by atoms with van der Waals surface area (Å²) in [6.45, 7) is 0.764. The maximum absolute atomic E-state index is 11.9. The van der Waals surface area contributed by atoms with Crippen molar-refractivity contribution in [2.24, 2.45) is 0 Å². The van der Waals surface area contributed by atoms with Crippen molar-refractivity contribution in [3.05, 3.63) is 48.6 Å². The van der Waals surface area contributed by atoms with Crippen LogP contribution in [0.15, 0.2) is 51.6 Å². The highest BCUT2D eigenvalue weighted by Crippen LogP contribution is 2.18. The number of hydrogen-bond donors (Lipinski definition) is 1. The average molecular weight is 357 g/mol. The van der Waals surface area contributed by atoms with Crippen molar-refractivity contribution in [3.8, 4) is 23.1 Å². The molecule has 0 radical (unpaired) electrons. The van der Waals surface area contributed by atoms with Crippen LogP contribution < -0.4 is 14.8 Å². The first-order valence-corrected chi connectivity index (χ1v) is 8.14.